The molecule has 5 heteroatoms. The first-order valence-electron chi connectivity index (χ1n) is 5.74. The van der Waals surface area contributed by atoms with Crippen LogP contribution in [-0.4, -0.2) is 16.2 Å². The van der Waals surface area contributed by atoms with E-state index in [1.165, 1.54) is 0 Å². The molecule has 2 rings (SSSR count). The van der Waals surface area contributed by atoms with E-state index in [1.807, 2.05) is 30.3 Å². The Labute approximate surface area is 128 Å². The maximum absolute atomic E-state index is 12.2. The van der Waals surface area contributed by atoms with E-state index in [1.54, 1.807) is 18.3 Å². The second kappa shape index (κ2) is 6.82. The van der Waals surface area contributed by atoms with E-state index < -0.39 is 0 Å². The Morgan fingerprint density at radius 2 is 1.95 bits per heavy atom. The number of amides is 1. The highest BCUT2D eigenvalue weighted by molar-refractivity contribution is 9.10. The number of halogens is 2. The SMILES string of the molecule is O=C(NC(CBr)c1ccccc1)c1ncccc1Br. The lowest BCUT2D eigenvalue weighted by atomic mass is 10.1. The quantitative estimate of drug-likeness (QED) is 0.817. The lowest BCUT2D eigenvalue weighted by Gasteiger charge is -2.16. The van der Waals surface area contributed by atoms with Gasteiger partial charge in [0.25, 0.3) is 5.91 Å². The first kappa shape index (κ1) is 14.2. The maximum Gasteiger partial charge on any atom is 0.271 e. The van der Waals surface area contributed by atoms with Crippen LogP contribution in [0.25, 0.3) is 0 Å². The monoisotopic (exact) mass is 382 g/mol. The van der Waals surface area contributed by atoms with Crippen LogP contribution in [-0.2, 0) is 0 Å². The smallest absolute Gasteiger partial charge is 0.271 e. The molecular formula is C14H12Br2N2O. The van der Waals surface area contributed by atoms with Gasteiger partial charge in [0.2, 0.25) is 0 Å². The summed E-state index contributed by atoms with van der Waals surface area (Å²) in [6.45, 7) is 0. The van der Waals surface area contributed by atoms with E-state index in [4.69, 9.17) is 0 Å². The minimum Gasteiger partial charge on any atom is -0.343 e. The zero-order chi connectivity index (χ0) is 13.7. The Morgan fingerprint density at radius 3 is 2.58 bits per heavy atom. The lowest BCUT2D eigenvalue weighted by Crippen LogP contribution is -2.30. The number of alkyl halides is 1. The fourth-order valence-corrected chi connectivity index (χ4v) is 2.65. The van der Waals surface area contributed by atoms with Crippen LogP contribution in [0, 0.1) is 0 Å². The molecule has 2 aromatic rings. The average Bonchev–Trinajstić information content (AvgIpc) is 2.46. The molecule has 19 heavy (non-hydrogen) atoms. The van der Waals surface area contributed by atoms with Crippen molar-refractivity contribution in [3.05, 3.63) is 64.4 Å². The van der Waals surface area contributed by atoms with Gasteiger partial charge in [-0.1, -0.05) is 46.3 Å². The highest BCUT2D eigenvalue weighted by Gasteiger charge is 2.17. The van der Waals surface area contributed by atoms with Gasteiger partial charge in [0, 0.05) is 16.0 Å². The molecule has 1 amide bonds. The molecule has 1 N–H and O–H groups in total. The van der Waals surface area contributed by atoms with E-state index >= 15 is 0 Å². The van der Waals surface area contributed by atoms with Crippen molar-refractivity contribution >= 4 is 37.8 Å². The molecule has 0 aliphatic carbocycles. The van der Waals surface area contributed by atoms with Crippen molar-refractivity contribution in [2.75, 3.05) is 5.33 Å². The van der Waals surface area contributed by atoms with Gasteiger partial charge in [-0.25, -0.2) is 4.98 Å². The van der Waals surface area contributed by atoms with Gasteiger partial charge < -0.3 is 5.32 Å². The number of nitrogens with zero attached hydrogens (tertiary/aromatic N) is 1. The van der Waals surface area contributed by atoms with Crippen LogP contribution in [0.1, 0.15) is 22.1 Å². The Bertz CT molecular complexity index is 560. The van der Waals surface area contributed by atoms with Crippen molar-refractivity contribution in [3.8, 4) is 0 Å². The molecule has 0 spiro atoms. The highest BCUT2D eigenvalue weighted by atomic mass is 79.9. The highest BCUT2D eigenvalue weighted by Crippen LogP contribution is 2.18. The van der Waals surface area contributed by atoms with Gasteiger partial charge >= 0.3 is 0 Å². The molecule has 1 aromatic heterocycles. The number of benzene rings is 1. The third-order valence-electron chi connectivity index (χ3n) is 2.64. The van der Waals surface area contributed by atoms with Gasteiger partial charge in [-0.2, -0.15) is 0 Å². The standard InChI is InChI=1S/C14H12Br2N2O/c15-9-12(10-5-2-1-3-6-10)18-14(19)13-11(16)7-4-8-17-13/h1-8,12H,9H2,(H,18,19). The number of rotatable bonds is 4. The third kappa shape index (κ3) is 3.64. The largest absolute Gasteiger partial charge is 0.343 e. The summed E-state index contributed by atoms with van der Waals surface area (Å²) in [5, 5.41) is 3.61. The third-order valence-corrected chi connectivity index (χ3v) is 3.92. The molecule has 1 unspecified atom stereocenters. The van der Waals surface area contributed by atoms with E-state index in [9.17, 15) is 4.79 Å². The summed E-state index contributed by atoms with van der Waals surface area (Å²) >= 11 is 6.76. The van der Waals surface area contributed by atoms with E-state index in [0.717, 1.165) is 5.56 Å². The van der Waals surface area contributed by atoms with Crippen molar-refractivity contribution in [2.24, 2.45) is 0 Å². The van der Waals surface area contributed by atoms with Gasteiger partial charge in [-0.3, -0.25) is 4.79 Å². The number of pyridine rings is 1. The Kier molecular flexibility index (Phi) is 5.10. The lowest BCUT2D eigenvalue weighted by molar-refractivity contribution is 0.0935. The number of carbonyl (C=O) groups excluding carboxylic acids is 1. The number of carbonyl (C=O) groups is 1. The molecule has 1 atom stereocenters. The number of aromatic nitrogens is 1. The van der Waals surface area contributed by atoms with E-state index in [0.29, 0.717) is 15.5 Å². The Balaban J connectivity index is 2.16. The summed E-state index contributed by atoms with van der Waals surface area (Å²) in [6, 6.07) is 13.3. The number of nitrogens with one attached hydrogen (secondary N) is 1. The molecule has 0 fully saturated rings. The molecule has 0 aliphatic rings. The van der Waals surface area contributed by atoms with E-state index in [2.05, 4.69) is 42.2 Å². The molecule has 3 nitrogen and oxygen atoms in total. The van der Waals surface area contributed by atoms with Gasteiger partial charge in [0.1, 0.15) is 5.69 Å². The minimum absolute atomic E-state index is 0.0809. The summed E-state index contributed by atoms with van der Waals surface area (Å²) in [7, 11) is 0. The summed E-state index contributed by atoms with van der Waals surface area (Å²) < 4.78 is 0.689. The molecule has 0 saturated heterocycles. The van der Waals surface area contributed by atoms with Crippen LogP contribution in [0.2, 0.25) is 0 Å². The molecule has 98 valence electrons. The van der Waals surface area contributed by atoms with Crippen molar-refractivity contribution < 1.29 is 4.79 Å². The van der Waals surface area contributed by atoms with Crippen LogP contribution in [0.5, 0.6) is 0 Å². The predicted molar refractivity (Wildman–Crippen MR) is 82.4 cm³/mol. The Hall–Kier alpha value is -1.20. The fraction of sp³-hybridized carbons (Fsp3) is 0.143. The maximum atomic E-state index is 12.2. The first-order chi connectivity index (χ1) is 9.22. The van der Waals surface area contributed by atoms with E-state index in [-0.39, 0.29) is 11.9 Å². The van der Waals surface area contributed by atoms with Crippen LogP contribution in [0.3, 0.4) is 0 Å². The molecule has 0 aliphatic heterocycles. The summed E-state index contributed by atoms with van der Waals surface area (Å²) in [5.74, 6) is -0.194. The van der Waals surface area contributed by atoms with Crippen LogP contribution in [0.4, 0.5) is 0 Å². The molecule has 0 radical (unpaired) electrons. The minimum atomic E-state index is -0.194. The fourth-order valence-electron chi connectivity index (χ4n) is 1.68. The van der Waals surface area contributed by atoms with Crippen molar-refractivity contribution in [2.45, 2.75) is 6.04 Å². The molecule has 0 saturated carbocycles. The topological polar surface area (TPSA) is 42.0 Å². The second-order valence-electron chi connectivity index (χ2n) is 3.92. The molecule has 1 aromatic carbocycles. The average molecular weight is 384 g/mol. The predicted octanol–water partition coefficient (Wildman–Crippen LogP) is 3.71. The van der Waals surface area contributed by atoms with Gasteiger partial charge in [-0.15, -0.1) is 0 Å². The Morgan fingerprint density at radius 1 is 1.21 bits per heavy atom. The van der Waals surface area contributed by atoms with Crippen LogP contribution in [0.15, 0.2) is 53.1 Å². The zero-order valence-corrected chi connectivity index (χ0v) is 13.2. The summed E-state index contributed by atoms with van der Waals surface area (Å²) in [6.07, 6.45) is 1.60. The first-order valence-corrected chi connectivity index (χ1v) is 7.66. The van der Waals surface area contributed by atoms with Crippen molar-refractivity contribution in [3.63, 3.8) is 0 Å². The van der Waals surface area contributed by atoms with Crippen molar-refractivity contribution in [1.29, 1.82) is 0 Å². The van der Waals surface area contributed by atoms with Crippen LogP contribution < -0.4 is 5.32 Å². The van der Waals surface area contributed by atoms with Crippen molar-refractivity contribution in [1.82, 2.24) is 10.3 Å². The number of hydrogen-bond donors (Lipinski definition) is 1. The summed E-state index contributed by atoms with van der Waals surface area (Å²) in [4.78, 5) is 16.3. The van der Waals surface area contributed by atoms with Crippen LogP contribution >= 0.6 is 31.9 Å². The number of hydrogen-bond acceptors (Lipinski definition) is 2. The molecule has 1 heterocycles. The van der Waals surface area contributed by atoms with Gasteiger partial charge in [0.15, 0.2) is 0 Å². The van der Waals surface area contributed by atoms with Gasteiger partial charge in [0.05, 0.1) is 6.04 Å². The zero-order valence-electron chi connectivity index (χ0n) is 10.0. The second-order valence-corrected chi connectivity index (χ2v) is 5.43. The molecule has 0 bridgehead atoms. The van der Waals surface area contributed by atoms with Gasteiger partial charge in [-0.05, 0) is 33.6 Å². The normalized spacial score (nSPS) is 11.9. The summed E-state index contributed by atoms with van der Waals surface area (Å²) in [5.41, 5.74) is 1.45. The molecular weight excluding hydrogens is 372 g/mol.